The normalized spacial score (nSPS) is 10.3. The van der Waals surface area contributed by atoms with E-state index in [2.05, 4.69) is 10.3 Å². The van der Waals surface area contributed by atoms with Crippen molar-refractivity contribution in [1.29, 1.82) is 0 Å². The number of ketones is 1. The molecule has 0 bridgehead atoms. The predicted molar refractivity (Wildman–Crippen MR) is 85.8 cm³/mol. The maximum atomic E-state index is 12.6. The van der Waals surface area contributed by atoms with Crippen LogP contribution in [-0.2, 0) is 0 Å². The lowest BCUT2D eigenvalue weighted by Crippen LogP contribution is -2.14. The van der Waals surface area contributed by atoms with Gasteiger partial charge in [-0.15, -0.1) is 0 Å². The summed E-state index contributed by atoms with van der Waals surface area (Å²) in [6, 6.07) is 13.5. The van der Waals surface area contributed by atoms with E-state index < -0.39 is 5.91 Å². The molecule has 0 unspecified atom stereocenters. The van der Waals surface area contributed by atoms with Crippen LogP contribution in [0.5, 0.6) is 0 Å². The number of nitrogens with one attached hydrogen (secondary N) is 1. The minimum atomic E-state index is -0.494. The van der Waals surface area contributed by atoms with Gasteiger partial charge in [-0.05, 0) is 18.2 Å². The zero-order valence-electron chi connectivity index (χ0n) is 11.8. The molecule has 0 aliphatic carbocycles. The lowest BCUT2D eigenvalue weighted by molar-refractivity contribution is 0.0996. The Bertz CT molecular complexity index is 846. The molecule has 1 amide bonds. The van der Waals surface area contributed by atoms with Gasteiger partial charge < -0.3 is 9.73 Å². The molecule has 0 aliphatic heterocycles. The van der Waals surface area contributed by atoms with Gasteiger partial charge in [0, 0.05) is 16.1 Å². The largest absolute Gasteiger partial charge is 0.438 e. The standard InChI is InChI=1S/C17H11ClN2O3/c18-12-6-7-14(20-17(22)15-9-19-10-23-15)13(8-12)16(21)11-4-2-1-3-5-11/h1-10H,(H,20,22). The van der Waals surface area contributed by atoms with E-state index in [1.807, 2.05) is 6.07 Å². The first-order valence-corrected chi connectivity index (χ1v) is 7.12. The van der Waals surface area contributed by atoms with Gasteiger partial charge in [-0.3, -0.25) is 9.59 Å². The van der Waals surface area contributed by atoms with Crippen LogP contribution < -0.4 is 5.32 Å². The van der Waals surface area contributed by atoms with Crippen molar-refractivity contribution < 1.29 is 14.0 Å². The zero-order valence-corrected chi connectivity index (χ0v) is 12.6. The summed E-state index contributed by atoms with van der Waals surface area (Å²) in [5, 5.41) is 3.04. The van der Waals surface area contributed by atoms with Crippen molar-refractivity contribution in [3.05, 3.63) is 83.0 Å². The van der Waals surface area contributed by atoms with E-state index in [-0.39, 0.29) is 11.5 Å². The van der Waals surface area contributed by atoms with E-state index in [0.29, 0.717) is 21.8 Å². The van der Waals surface area contributed by atoms with E-state index in [9.17, 15) is 9.59 Å². The van der Waals surface area contributed by atoms with Crippen LogP contribution >= 0.6 is 11.6 Å². The van der Waals surface area contributed by atoms with E-state index in [0.717, 1.165) is 6.39 Å². The fraction of sp³-hybridized carbons (Fsp3) is 0. The highest BCUT2D eigenvalue weighted by Gasteiger charge is 2.17. The second-order valence-corrected chi connectivity index (χ2v) is 5.14. The number of halogens is 1. The quantitative estimate of drug-likeness (QED) is 0.740. The minimum Gasteiger partial charge on any atom is -0.438 e. The van der Waals surface area contributed by atoms with Gasteiger partial charge in [0.1, 0.15) is 0 Å². The predicted octanol–water partition coefficient (Wildman–Crippen LogP) is 3.81. The number of carbonyl (C=O) groups is 2. The Hall–Kier alpha value is -2.92. The summed E-state index contributed by atoms with van der Waals surface area (Å²) in [7, 11) is 0. The summed E-state index contributed by atoms with van der Waals surface area (Å²) in [5.41, 5.74) is 1.16. The van der Waals surface area contributed by atoms with Crippen molar-refractivity contribution in [3.63, 3.8) is 0 Å². The maximum Gasteiger partial charge on any atom is 0.293 e. The molecule has 6 heteroatoms. The van der Waals surface area contributed by atoms with Crippen molar-refractivity contribution in [2.24, 2.45) is 0 Å². The van der Waals surface area contributed by atoms with Gasteiger partial charge >= 0.3 is 0 Å². The fourth-order valence-electron chi connectivity index (χ4n) is 2.07. The van der Waals surface area contributed by atoms with Crippen LogP contribution in [0.4, 0.5) is 5.69 Å². The van der Waals surface area contributed by atoms with Crippen molar-refractivity contribution in [1.82, 2.24) is 4.98 Å². The molecule has 114 valence electrons. The molecule has 0 spiro atoms. The first-order valence-electron chi connectivity index (χ1n) is 6.74. The molecule has 0 radical (unpaired) electrons. The molecule has 1 N–H and O–H groups in total. The molecule has 2 aromatic carbocycles. The summed E-state index contributed by atoms with van der Waals surface area (Å²) in [5.74, 6) is -0.675. The SMILES string of the molecule is O=C(Nc1ccc(Cl)cc1C(=O)c1ccccc1)c1cnco1. The fourth-order valence-corrected chi connectivity index (χ4v) is 2.24. The Morgan fingerprint density at radius 1 is 1.09 bits per heavy atom. The maximum absolute atomic E-state index is 12.6. The average molecular weight is 327 g/mol. The summed E-state index contributed by atoms with van der Waals surface area (Å²) in [6.45, 7) is 0. The third-order valence-corrected chi connectivity index (χ3v) is 3.40. The molecule has 0 fully saturated rings. The highest BCUT2D eigenvalue weighted by atomic mass is 35.5. The number of benzene rings is 2. The number of hydrogen-bond acceptors (Lipinski definition) is 4. The van der Waals surface area contributed by atoms with Gasteiger partial charge in [-0.2, -0.15) is 0 Å². The first-order chi connectivity index (χ1) is 11.1. The molecule has 0 saturated heterocycles. The summed E-state index contributed by atoms with van der Waals surface area (Å²) in [6.07, 6.45) is 2.46. The van der Waals surface area contributed by atoms with E-state index in [4.69, 9.17) is 16.0 Å². The van der Waals surface area contributed by atoms with Gasteiger partial charge in [0.2, 0.25) is 5.76 Å². The number of rotatable bonds is 4. The smallest absolute Gasteiger partial charge is 0.293 e. The number of oxazole rings is 1. The Balaban J connectivity index is 1.95. The van der Waals surface area contributed by atoms with Crippen molar-refractivity contribution in [3.8, 4) is 0 Å². The molecule has 0 atom stereocenters. The van der Waals surface area contributed by atoms with Crippen LogP contribution in [0.15, 0.2) is 65.5 Å². The van der Waals surface area contributed by atoms with Crippen LogP contribution in [0.2, 0.25) is 5.02 Å². The molecule has 5 nitrogen and oxygen atoms in total. The van der Waals surface area contributed by atoms with E-state index in [1.165, 1.54) is 12.3 Å². The van der Waals surface area contributed by atoms with Gasteiger partial charge in [0.15, 0.2) is 12.2 Å². The molecule has 3 aromatic rings. The third kappa shape index (κ3) is 3.30. The zero-order chi connectivity index (χ0) is 16.2. The monoisotopic (exact) mass is 326 g/mol. The molecular formula is C17H11ClN2O3. The molecule has 1 heterocycles. The number of nitrogens with zero attached hydrogens (tertiary/aromatic N) is 1. The molecule has 23 heavy (non-hydrogen) atoms. The van der Waals surface area contributed by atoms with E-state index >= 15 is 0 Å². The second-order valence-electron chi connectivity index (χ2n) is 4.70. The van der Waals surface area contributed by atoms with Gasteiger partial charge in [0.25, 0.3) is 5.91 Å². The number of anilines is 1. The van der Waals surface area contributed by atoms with Gasteiger partial charge in [-0.25, -0.2) is 4.98 Å². The molecule has 0 saturated carbocycles. The Morgan fingerprint density at radius 2 is 1.87 bits per heavy atom. The minimum absolute atomic E-state index is 0.0538. The lowest BCUT2D eigenvalue weighted by Gasteiger charge is -2.10. The summed E-state index contributed by atoms with van der Waals surface area (Å²) < 4.78 is 4.94. The lowest BCUT2D eigenvalue weighted by atomic mass is 10.0. The highest BCUT2D eigenvalue weighted by molar-refractivity contribution is 6.31. The Kier molecular flexibility index (Phi) is 4.21. The first kappa shape index (κ1) is 15.0. The van der Waals surface area contributed by atoms with Crippen molar-refractivity contribution in [2.45, 2.75) is 0 Å². The van der Waals surface area contributed by atoms with Crippen LogP contribution in [-0.4, -0.2) is 16.7 Å². The van der Waals surface area contributed by atoms with Crippen LogP contribution in [0.1, 0.15) is 26.5 Å². The molecule has 0 aliphatic rings. The van der Waals surface area contributed by atoms with Crippen LogP contribution in [0, 0.1) is 0 Å². The Morgan fingerprint density at radius 3 is 2.57 bits per heavy atom. The molecule has 3 rings (SSSR count). The molecular weight excluding hydrogens is 316 g/mol. The van der Waals surface area contributed by atoms with Crippen molar-refractivity contribution in [2.75, 3.05) is 5.32 Å². The van der Waals surface area contributed by atoms with E-state index in [1.54, 1.807) is 36.4 Å². The van der Waals surface area contributed by atoms with Crippen LogP contribution in [0.3, 0.4) is 0 Å². The van der Waals surface area contributed by atoms with Crippen LogP contribution in [0.25, 0.3) is 0 Å². The topological polar surface area (TPSA) is 72.2 Å². The summed E-state index contributed by atoms with van der Waals surface area (Å²) in [4.78, 5) is 28.4. The third-order valence-electron chi connectivity index (χ3n) is 3.17. The van der Waals surface area contributed by atoms with Gasteiger partial charge in [-0.1, -0.05) is 41.9 Å². The van der Waals surface area contributed by atoms with Crippen molar-refractivity contribution >= 4 is 29.0 Å². The number of amides is 1. The summed E-state index contributed by atoms with van der Waals surface area (Å²) >= 11 is 5.99. The highest BCUT2D eigenvalue weighted by Crippen LogP contribution is 2.24. The average Bonchev–Trinajstić information content (AvgIpc) is 3.11. The molecule has 1 aromatic heterocycles. The number of hydrogen-bond donors (Lipinski definition) is 1. The van der Waals surface area contributed by atoms with Gasteiger partial charge in [0.05, 0.1) is 11.9 Å². The second kappa shape index (κ2) is 6.46. The Labute approximate surface area is 136 Å². The number of aromatic nitrogens is 1. The number of carbonyl (C=O) groups excluding carboxylic acids is 2.